The van der Waals surface area contributed by atoms with Crippen molar-refractivity contribution in [1.82, 2.24) is 10.4 Å². The van der Waals surface area contributed by atoms with E-state index in [2.05, 4.69) is 15.5 Å². The normalized spacial score (nSPS) is 11.7. The first-order valence-electron chi connectivity index (χ1n) is 7.38. The molecule has 0 saturated carbocycles. The van der Waals surface area contributed by atoms with Gasteiger partial charge in [-0.25, -0.2) is 10.4 Å². The fraction of sp³-hybridized carbons (Fsp3) is 0.235. The summed E-state index contributed by atoms with van der Waals surface area (Å²) in [7, 11) is 1.60. The summed E-state index contributed by atoms with van der Waals surface area (Å²) in [4.78, 5) is 16.2. The molecule has 0 aliphatic carbocycles. The summed E-state index contributed by atoms with van der Waals surface area (Å²) in [6, 6.07) is 7.53. The molecule has 1 aromatic carbocycles. The minimum absolute atomic E-state index is 0.211. The molecule has 0 aliphatic heterocycles. The number of thiazole rings is 1. The highest BCUT2D eigenvalue weighted by Crippen LogP contribution is 2.28. The molecule has 0 saturated heterocycles. The Morgan fingerprint density at radius 3 is 3.00 bits per heavy atom. The third kappa shape index (κ3) is 3.46. The van der Waals surface area contributed by atoms with Crippen molar-refractivity contribution in [3.8, 4) is 5.75 Å². The highest BCUT2D eigenvalue weighted by molar-refractivity contribution is 7.09. The lowest BCUT2D eigenvalue weighted by Crippen LogP contribution is -2.21. The number of benzene rings is 1. The number of furan rings is 1. The van der Waals surface area contributed by atoms with E-state index in [1.54, 1.807) is 14.0 Å². The summed E-state index contributed by atoms with van der Waals surface area (Å²) in [5, 5.41) is 7.71. The highest BCUT2D eigenvalue weighted by Gasteiger charge is 2.11. The fourth-order valence-corrected chi connectivity index (χ4v) is 3.01. The number of amides is 1. The standard InChI is InChI=1S/C17H17N3O3S/c1-10-9-24-16(18-10)8-15(21)20-19-11(2)14-7-12-5-4-6-13(22-3)17(12)23-14/h4-7,9H,8H2,1-3H3,(H,20,21). The van der Waals surface area contributed by atoms with Gasteiger partial charge in [-0.15, -0.1) is 11.3 Å². The quantitative estimate of drug-likeness (QED) is 0.570. The lowest BCUT2D eigenvalue weighted by atomic mass is 10.2. The van der Waals surface area contributed by atoms with E-state index in [4.69, 9.17) is 9.15 Å². The highest BCUT2D eigenvalue weighted by atomic mass is 32.1. The number of nitrogens with zero attached hydrogens (tertiary/aromatic N) is 2. The maximum absolute atomic E-state index is 11.9. The van der Waals surface area contributed by atoms with Gasteiger partial charge in [0, 0.05) is 16.5 Å². The molecule has 3 rings (SSSR count). The van der Waals surface area contributed by atoms with Crippen molar-refractivity contribution in [1.29, 1.82) is 0 Å². The van der Waals surface area contributed by atoms with Crippen LogP contribution in [-0.2, 0) is 11.2 Å². The van der Waals surface area contributed by atoms with Gasteiger partial charge in [-0.3, -0.25) is 4.79 Å². The Kier molecular flexibility index (Phi) is 4.61. The molecule has 3 aromatic rings. The van der Waals surface area contributed by atoms with Crippen molar-refractivity contribution in [2.24, 2.45) is 5.10 Å². The molecule has 0 bridgehead atoms. The van der Waals surface area contributed by atoms with Gasteiger partial charge in [0.2, 0.25) is 5.91 Å². The van der Waals surface area contributed by atoms with Crippen molar-refractivity contribution in [3.05, 3.63) is 46.1 Å². The van der Waals surface area contributed by atoms with E-state index >= 15 is 0 Å². The minimum atomic E-state index is -0.211. The zero-order valence-corrected chi connectivity index (χ0v) is 14.4. The molecule has 0 fully saturated rings. The van der Waals surface area contributed by atoms with Crippen LogP contribution in [0.3, 0.4) is 0 Å². The van der Waals surface area contributed by atoms with E-state index in [0.717, 1.165) is 16.1 Å². The Balaban J connectivity index is 1.72. The number of hydrazone groups is 1. The number of carbonyl (C=O) groups is 1. The summed E-state index contributed by atoms with van der Waals surface area (Å²) in [5.74, 6) is 1.03. The van der Waals surface area contributed by atoms with Gasteiger partial charge in [0.1, 0.15) is 10.7 Å². The SMILES string of the molecule is COc1cccc2cc(C(C)=NNC(=O)Cc3nc(C)cs3)oc12. The molecule has 0 atom stereocenters. The number of methoxy groups -OCH3 is 1. The van der Waals surface area contributed by atoms with E-state index in [0.29, 0.717) is 22.8 Å². The lowest BCUT2D eigenvalue weighted by molar-refractivity contribution is -0.120. The first-order valence-corrected chi connectivity index (χ1v) is 8.26. The molecule has 0 spiro atoms. The van der Waals surface area contributed by atoms with E-state index in [1.807, 2.05) is 36.6 Å². The van der Waals surface area contributed by atoms with Crippen LogP contribution in [0.2, 0.25) is 0 Å². The lowest BCUT2D eigenvalue weighted by Gasteiger charge is -2.00. The van der Waals surface area contributed by atoms with Gasteiger partial charge < -0.3 is 9.15 Å². The predicted octanol–water partition coefficient (Wildman–Crippen LogP) is 3.29. The third-order valence-electron chi connectivity index (χ3n) is 3.41. The van der Waals surface area contributed by atoms with E-state index < -0.39 is 0 Å². The van der Waals surface area contributed by atoms with Crippen LogP contribution in [0.5, 0.6) is 5.75 Å². The molecule has 2 aromatic heterocycles. The molecule has 1 amide bonds. The Bertz CT molecular complexity index is 911. The van der Waals surface area contributed by atoms with E-state index in [1.165, 1.54) is 11.3 Å². The molecular weight excluding hydrogens is 326 g/mol. The predicted molar refractivity (Wildman–Crippen MR) is 93.7 cm³/mol. The van der Waals surface area contributed by atoms with Crippen LogP contribution < -0.4 is 10.2 Å². The first-order chi connectivity index (χ1) is 11.6. The largest absolute Gasteiger partial charge is 0.493 e. The van der Waals surface area contributed by atoms with Crippen molar-refractivity contribution in [3.63, 3.8) is 0 Å². The van der Waals surface area contributed by atoms with Crippen LogP contribution in [0.25, 0.3) is 11.0 Å². The fourth-order valence-electron chi connectivity index (χ4n) is 2.24. The molecule has 24 heavy (non-hydrogen) atoms. The summed E-state index contributed by atoms with van der Waals surface area (Å²) in [5.41, 5.74) is 4.69. The third-order valence-corrected chi connectivity index (χ3v) is 4.38. The van der Waals surface area contributed by atoms with E-state index in [-0.39, 0.29) is 12.3 Å². The second-order valence-electron chi connectivity index (χ2n) is 5.28. The average Bonchev–Trinajstić information content (AvgIpc) is 3.18. The van der Waals surface area contributed by atoms with Crippen LogP contribution in [-0.4, -0.2) is 23.7 Å². The molecular formula is C17H17N3O3S. The molecule has 1 N–H and O–H groups in total. The number of aryl methyl sites for hydroxylation is 1. The summed E-state index contributed by atoms with van der Waals surface area (Å²) >= 11 is 1.46. The number of rotatable bonds is 5. The van der Waals surface area contributed by atoms with Crippen molar-refractivity contribution in [2.45, 2.75) is 20.3 Å². The molecule has 0 aliphatic rings. The van der Waals surface area contributed by atoms with Gasteiger partial charge in [0.05, 0.1) is 13.5 Å². The van der Waals surface area contributed by atoms with Crippen molar-refractivity contribution < 1.29 is 13.9 Å². The maximum atomic E-state index is 11.9. The molecule has 7 heteroatoms. The van der Waals surface area contributed by atoms with Crippen LogP contribution in [0.4, 0.5) is 0 Å². The number of ether oxygens (including phenoxy) is 1. The van der Waals surface area contributed by atoms with Crippen molar-refractivity contribution >= 4 is 33.9 Å². The number of nitrogens with one attached hydrogen (secondary N) is 1. The smallest absolute Gasteiger partial charge is 0.246 e. The van der Waals surface area contributed by atoms with Crippen LogP contribution in [0, 0.1) is 6.92 Å². The summed E-state index contributed by atoms with van der Waals surface area (Å²) in [6.45, 7) is 3.67. The van der Waals surface area contributed by atoms with Crippen molar-refractivity contribution in [2.75, 3.05) is 7.11 Å². The summed E-state index contributed by atoms with van der Waals surface area (Å²) in [6.07, 6.45) is 0.212. The van der Waals surface area contributed by atoms with Crippen LogP contribution in [0.1, 0.15) is 23.4 Å². The molecule has 2 heterocycles. The maximum Gasteiger partial charge on any atom is 0.246 e. The minimum Gasteiger partial charge on any atom is -0.493 e. The number of fused-ring (bicyclic) bond motifs is 1. The van der Waals surface area contributed by atoms with Crippen LogP contribution >= 0.6 is 11.3 Å². The van der Waals surface area contributed by atoms with Gasteiger partial charge in [0.15, 0.2) is 17.1 Å². The van der Waals surface area contributed by atoms with E-state index in [9.17, 15) is 4.79 Å². The molecule has 124 valence electrons. The Morgan fingerprint density at radius 2 is 2.29 bits per heavy atom. The second-order valence-corrected chi connectivity index (χ2v) is 6.22. The Morgan fingerprint density at radius 1 is 1.46 bits per heavy atom. The number of hydrogen-bond donors (Lipinski definition) is 1. The van der Waals surface area contributed by atoms with Gasteiger partial charge in [-0.1, -0.05) is 12.1 Å². The monoisotopic (exact) mass is 343 g/mol. The van der Waals surface area contributed by atoms with Gasteiger partial charge >= 0.3 is 0 Å². The summed E-state index contributed by atoms with van der Waals surface area (Å²) < 4.78 is 11.1. The van der Waals surface area contributed by atoms with Gasteiger partial charge in [-0.2, -0.15) is 5.10 Å². The number of aromatic nitrogens is 1. The zero-order chi connectivity index (χ0) is 17.1. The second kappa shape index (κ2) is 6.84. The molecule has 6 nitrogen and oxygen atoms in total. The number of para-hydroxylation sites is 1. The number of hydrogen-bond acceptors (Lipinski definition) is 6. The Labute approximate surface area is 143 Å². The molecule has 0 unspecified atom stereocenters. The Hall–Kier alpha value is -2.67. The first kappa shape index (κ1) is 16.2. The number of carbonyl (C=O) groups excluding carboxylic acids is 1. The van der Waals surface area contributed by atoms with Gasteiger partial charge in [-0.05, 0) is 26.0 Å². The van der Waals surface area contributed by atoms with Gasteiger partial charge in [0.25, 0.3) is 0 Å². The molecule has 0 radical (unpaired) electrons. The average molecular weight is 343 g/mol. The van der Waals surface area contributed by atoms with Crippen LogP contribution in [0.15, 0.2) is 39.2 Å². The zero-order valence-electron chi connectivity index (χ0n) is 13.6. The topological polar surface area (TPSA) is 76.7 Å².